The van der Waals surface area contributed by atoms with Crippen molar-refractivity contribution in [3.8, 4) is 0 Å². The van der Waals surface area contributed by atoms with Gasteiger partial charge in [-0.1, -0.05) is 0 Å². The van der Waals surface area contributed by atoms with E-state index in [1.807, 2.05) is 13.8 Å². The van der Waals surface area contributed by atoms with Crippen LogP contribution in [0.25, 0.3) is 0 Å². The third-order valence-electron chi connectivity index (χ3n) is 3.50. The summed E-state index contributed by atoms with van der Waals surface area (Å²) in [6, 6.07) is 4.37. The molecular formula is C14H17F3N2O. The Morgan fingerprint density at radius 2 is 1.85 bits per heavy atom. The number of amides is 1. The summed E-state index contributed by atoms with van der Waals surface area (Å²) >= 11 is 0. The fourth-order valence-corrected chi connectivity index (χ4v) is 2.32. The molecule has 1 aromatic rings. The van der Waals surface area contributed by atoms with Gasteiger partial charge in [0.15, 0.2) is 0 Å². The van der Waals surface area contributed by atoms with Gasteiger partial charge in [-0.15, -0.1) is 0 Å². The molecule has 1 N–H and O–H groups in total. The van der Waals surface area contributed by atoms with Crippen LogP contribution in [0.4, 0.5) is 13.2 Å². The van der Waals surface area contributed by atoms with Crippen LogP contribution in [0.5, 0.6) is 0 Å². The van der Waals surface area contributed by atoms with E-state index >= 15 is 0 Å². The number of rotatable bonds is 1. The van der Waals surface area contributed by atoms with Crippen LogP contribution in [0.2, 0.25) is 0 Å². The second kappa shape index (κ2) is 5.09. The lowest BCUT2D eigenvalue weighted by molar-refractivity contribution is -0.137. The standard InChI is InChI=1S/C14H17F3N2O/c1-13(2)9-18-7-8-19(13)12(20)10-3-5-11(6-4-10)14(15,16)17/h3-6,18H,7-9H2,1-2H3. The third kappa shape index (κ3) is 2.95. The quantitative estimate of drug-likeness (QED) is 0.860. The lowest BCUT2D eigenvalue weighted by atomic mass is 9.98. The third-order valence-corrected chi connectivity index (χ3v) is 3.50. The van der Waals surface area contributed by atoms with Crippen molar-refractivity contribution >= 4 is 5.91 Å². The largest absolute Gasteiger partial charge is 0.416 e. The van der Waals surface area contributed by atoms with E-state index in [0.29, 0.717) is 19.6 Å². The number of carbonyl (C=O) groups excluding carboxylic acids is 1. The van der Waals surface area contributed by atoms with Gasteiger partial charge in [-0.25, -0.2) is 0 Å². The highest BCUT2D eigenvalue weighted by Gasteiger charge is 2.34. The Bertz CT molecular complexity index is 494. The predicted molar refractivity (Wildman–Crippen MR) is 69.4 cm³/mol. The van der Waals surface area contributed by atoms with Crippen molar-refractivity contribution in [1.29, 1.82) is 0 Å². The highest BCUT2D eigenvalue weighted by Crippen LogP contribution is 2.29. The first kappa shape index (κ1) is 14.8. The summed E-state index contributed by atoms with van der Waals surface area (Å²) in [6.45, 7) is 5.77. The van der Waals surface area contributed by atoms with Crippen molar-refractivity contribution in [1.82, 2.24) is 10.2 Å². The minimum atomic E-state index is -4.38. The van der Waals surface area contributed by atoms with E-state index in [1.54, 1.807) is 4.90 Å². The molecule has 2 rings (SSSR count). The molecule has 0 saturated carbocycles. The van der Waals surface area contributed by atoms with Crippen LogP contribution in [0.3, 0.4) is 0 Å². The molecular weight excluding hydrogens is 269 g/mol. The molecule has 110 valence electrons. The highest BCUT2D eigenvalue weighted by atomic mass is 19.4. The second-order valence-corrected chi connectivity index (χ2v) is 5.52. The molecule has 1 amide bonds. The van der Waals surface area contributed by atoms with Gasteiger partial charge in [0.05, 0.1) is 11.1 Å². The van der Waals surface area contributed by atoms with Gasteiger partial charge in [0.1, 0.15) is 0 Å². The Hall–Kier alpha value is -1.56. The van der Waals surface area contributed by atoms with Gasteiger partial charge in [0.2, 0.25) is 0 Å². The monoisotopic (exact) mass is 286 g/mol. The van der Waals surface area contributed by atoms with Gasteiger partial charge >= 0.3 is 6.18 Å². The zero-order chi connectivity index (χ0) is 15.0. The smallest absolute Gasteiger partial charge is 0.331 e. The number of hydrogen-bond donors (Lipinski definition) is 1. The maximum atomic E-state index is 12.5. The highest BCUT2D eigenvalue weighted by molar-refractivity contribution is 5.94. The molecule has 1 fully saturated rings. The number of nitrogens with zero attached hydrogens (tertiary/aromatic N) is 1. The van der Waals surface area contributed by atoms with Crippen molar-refractivity contribution in [3.63, 3.8) is 0 Å². The Morgan fingerprint density at radius 1 is 1.25 bits per heavy atom. The fraction of sp³-hybridized carbons (Fsp3) is 0.500. The molecule has 0 aromatic heterocycles. The minimum Gasteiger partial charge on any atom is -0.331 e. The summed E-state index contributed by atoms with van der Waals surface area (Å²) in [5.41, 5.74) is -0.806. The molecule has 1 aliphatic rings. The summed E-state index contributed by atoms with van der Waals surface area (Å²) in [5, 5.41) is 3.20. The van der Waals surface area contributed by atoms with E-state index in [-0.39, 0.29) is 17.0 Å². The topological polar surface area (TPSA) is 32.3 Å². The average molecular weight is 286 g/mol. The molecule has 3 nitrogen and oxygen atoms in total. The zero-order valence-electron chi connectivity index (χ0n) is 11.4. The summed E-state index contributed by atoms with van der Waals surface area (Å²) in [7, 11) is 0. The van der Waals surface area contributed by atoms with E-state index in [9.17, 15) is 18.0 Å². The number of hydrogen-bond acceptors (Lipinski definition) is 2. The van der Waals surface area contributed by atoms with Gasteiger partial charge in [-0.2, -0.15) is 13.2 Å². The molecule has 0 aliphatic carbocycles. The maximum absolute atomic E-state index is 12.5. The lowest BCUT2D eigenvalue weighted by Crippen LogP contribution is -2.59. The van der Waals surface area contributed by atoms with Crippen LogP contribution in [-0.4, -0.2) is 36.0 Å². The zero-order valence-corrected chi connectivity index (χ0v) is 11.4. The average Bonchev–Trinajstić information content (AvgIpc) is 2.36. The first-order valence-electron chi connectivity index (χ1n) is 6.42. The Morgan fingerprint density at radius 3 is 2.35 bits per heavy atom. The molecule has 1 aromatic carbocycles. The van der Waals surface area contributed by atoms with E-state index in [0.717, 1.165) is 12.1 Å². The minimum absolute atomic E-state index is 0.231. The number of piperazine rings is 1. The van der Waals surface area contributed by atoms with E-state index in [4.69, 9.17) is 0 Å². The second-order valence-electron chi connectivity index (χ2n) is 5.52. The Kier molecular flexibility index (Phi) is 3.77. The summed E-state index contributed by atoms with van der Waals surface area (Å²) in [4.78, 5) is 14.1. The number of halogens is 3. The van der Waals surface area contributed by atoms with Crippen LogP contribution < -0.4 is 5.32 Å². The molecule has 0 atom stereocenters. The van der Waals surface area contributed by atoms with Crippen molar-refractivity contribution in [2.75, 3.05) is 19.6 Å². The predicted octanol–water partition coefficient (Wildman–Crippen LogP) is 2.53. The van der Waals surface area contributed by atoms with E-state index in [2.05, 4.69) is 5.32 Å². The van der Waals surface area contributed by atoms with Crippen molar-refractivity contribution in [2.45, 2.75) is 25.6 Å². The van der Waals surface area contributed by atoms with Crippen LogP contribution >= 0.6 is 0 Å². The lowest BCUT2D eigenvalue weighted by Gasteiger charge is -2.42. The maximum Gasteiger partial charge on any atom is 0.416 e. The molecule has 1 aliphatic heterocycles. The first-order valence-corrected chi connectivity index (χ1v) is 6.42. The summed E-state index contributed by atoms with van der Waals surface area (Å²) in [6.07, 6.45) is -4.38. The Labute approximate surface area is 115 Å². The molecule has 0 unspecified atom stereocenters. The number of alkyl halides is 3. The molecule has 0 spiro atoms. The van der Waals surface area contributed by atoms with Gasteiger partial charge < -0.3 is 10.2 Å². The Balaban J connectivity index is 2.21. The molecule has 0 bridgehead atoms. The van der Waals surface area contributed by atoms with Crippen molar-refractivity contribution in [2.24, 2.45) is 0 Å². The normalized spacial score (nSPS) is 18.9. The number of nitrogens with one attached hydrogen (secondary N) is 1. The molecule has 20 heavy (non-hydrogen) atoms. The van der Waals surface area contributed by atoms with Crippen LogP contribution in [-0.2, 0) is 6.18 Å². The van der Waals surface area contributed by atoms with E-state index < -0.39 is 11.7 Å². The van der Waals surface area contributed by atoms with Crippen LogP contribution in [0.1, 0.15) is 29.8 Å². The van der Waals surface area contributed by atoms with Gasteiger partial charge in [-0.3, -0.25) is 4.79 Å². The number of carbonyl (C=O) groups is 1. The summed E-state index contributed by atoms with van der Waals surface area (Å²) in [5.74, 6) is -0.231. The van der Waals surface area contributed by atoms with Crippen molar-refractivity contribution in [3.05, 3.63) is 35.4 Å². The molecule has 0 radical (unpaired) electrons. The molecule has 1 heterocycles. The van der Waals surface area contributed by atoms with Gasteiger partial charge in [0, 0.05) is 25.2 Å². The van der Waals surface area contributed by atoms with Crippen LogP contribution in [0, 0.1) is 0 Å². The molecule has 1 saturated heterocycles. The fourth-order valence-electron chi connectivity index (χ4n) is 2.32. The van der Waals surface area contributed by atoms with E-state index in [1.165, 1.54) is 12.1 Å². The van der Waals surface area contributed by atoms with Crippen molar-refractivity contribution < 1.29 is 18.0 Å². The van der Waals surface area contributed by atoms with Gasteiger partial charge in [0.25, 0.3) is 5.91 Å². The van der Waals surface area contributed by atoms with Crippen LogP contribution in [0.15, 0.2) is 24.3 Å². The molecule has 6 heteroatoms. The number of benzene rings is 1. The van der Waals surface area contributed by atoms with Gasteiger partial charge in [-0.05, 0) is 38.1 Å². The SMILES string of the molecule is CC1(C)CNCCN1C(=O)c1ccc(C(F)(F)F)cc1. The first-order chi connectivity index (χ1) is 9.22. The summed E-state index contributed by atoms with van der Waals surface area (Å²) < 4.78 is 37.5.